The summed E-state index contributed by atoms with van der Waals surface area (Å²) in [7, 11) is 1.36. The molecular formula is C11H12ClNO5. The van der Waals surface area contributed by atoms with Crippen molar-refractivity contribution in [3.63, 3.8) is 0 Å². The van der Waals surface area contributed by atoms with E-state index < -0.39 is 10.9 Å². The van der Waals surface area contributed by atoms with Crippen molar-refractivity contribution in [3.05, 3.63) is 32.8 Å². The highest BCUT2D eigenvalue weighted by Gasteiger charge is 2.25. The Balaban J connectivity index is 3.24. The van der Waals surface area contributed by atoms with Crippen molar-refractivity contribution in [2.75, 3.05) is 13.7 Å². The Morgan fingerprint density at radius 3 is 2.67 bits per heavy atom. The molecule has 0 radical (unpaired) electrons. The van der Waals surface area contributed by atoms with Gasteiger partial charge in [-0.05, 0) is 19.1 Å². The van der Waals surface area contributed by atoms with Crippen LogP contribution in [0.2, 0.25) is 5.02 Å². The van der Waals surface area contributed by atoms with E-state index in [0.29, 0.717) is 0 Å². The van der Waals surface area contributed by atoms with Gasteiger partial charge in [0.05, 0.1) is 30.6 Å². The lowest BCUT2D eigenvalue weighted by Gasteiger charge is -2.09. The fourth-order valence-corrected chi connectivity index (χ4v) is 1.75. The molecule has 0 aliphatic rings. The number of esters is 1. The molecule has 0 unspecified atom stereocenters. The van der Waals surface area contributed by atoms with Gasteiger partial charge >= 0.3 is 5.97 Å². The van der Waals surface area contributed by atoms with E-state index in [4.69, 9.17) is 21.1 Å². The van der Waals surface area contributed by atoms with Crippen LogP contribution < -0.4 is 4.74 Å². The number of ether oxygens (including phenoxy) is 2. The van der Waals surface area contributed by atoms with Crippen LogP contribution in [0.3, 0.4) is 0 Å². The maximum Gasteiger partial charge on any atom is 0.310 e. The standard InChI is InChI=1S/C11H12ClNO5/c1-3-18-10(14)6-7-9(17-2)5-4-8(12)11(7)13(15)16/h4-5H,3,6H2,1-2H3. The average Bonchev–Trinajstić information content (AvgIpc) is 2.29. The molecule has 1 rings (SSSR count). The third-order valence-corrected chi connectivity index (χ3v) is 2.52. The maximum absolute atomic E-state index is 11.4. The van der Waals surface area contributed by atoms with Gasteiger partial charge in [-0.1, -0.05) is 11.6 Å². The molecule has 0 spiro atoms. The van der Waals surface area contributed by atoms with E-state index in [1.54, 1.807) is 6.92 Å². The van der Waals surface area contributed by atoms with Crippen molar-refractivity contribution in [1.82, 2.24) is 0 Å². The van der Waals surface area contributed by atoms with Gasteiger partial charge in [0, 0.05) is 0 Å². The van der Waals surface area contributed by atoms with E-state index in [1.807, 2.05) is 0 Å². The SMILES string of the molecule is CCOC(=O)Cc1c(OC)ccc(Cl)c1[N+](=O)[O-]. The summed E-state index contributed by atoms with van der Waals surface area (Å²) in [6, 6.07) is 2.83. The summed E-state index contributed by atoms with van der Waals surface area (Å²) < 4.78 is 9.76. The predicted molar refractivity (Wildman–Crippen MR) is 65.0 cm³/mol. The van der Waals surface area contributed by atoms with E-state index in [9.17, 15) is 14.9 Å². The Hall–Kier alpha value is -1.82. The van der Waals surface area contributed by atoms with Crippen LogP contribution >= 0.6 is 11.6 Å². The Labute approximate surface area is 109 Å². The summed E-state index contributed by atoms with van der Waals surface area (Å²) in [4.78, 5) is 21.7. The molecule has 7 heteroatoms. The molecule has 0 aliphatic heterocycles. The lowest BCUT2D eigenvalue weighted by molar-refractivity contribution is -0.385. The number of benzene rings is 1. The Morgan fingerprint density at radius 1 is 1.50 bits per heavy atom. The van der Waals surface area contributed by atoms with Crippen LogP contribution in [0.1, 0.15) is 12.5 Å². The summed E-state index contributed by atoms with van der Waals surface area (Å²) in [5.74, 6) is -0.333. The van der Waals surface area contributed by atoms with Crippen LogP contribution in [-0.2, 0) is 16.0 Å². The fraction of sp³-hybridized carbons (Fsp3) is 0.364. The highest BCUT2D eigenvalue weighted by molar-refractivity contribution is 6.32. The molecule has 0 amide bonds. The molecule has 98 valence electrons. The minimum absolute atomic E-state index is 0.0416. The van der Waals surface area contributed by atoms with Gasteiger partial charge in [0.15, 0.2) is 0 Å². The number of halogens is 1. The second-order valence-corrected chi connectivity index (χ2v) is 3.72. The van der Waals surface area contributed by atoms with Crippen molar-refractivity contribution in [2.45, 2.75) is 13.3 Å². The topological polar surface area (TPSA) is 78.7 Å². The van der Waals surface area contributed by atoms with Crippen LogP contribution in [0, 0.1) is 10.1 Å². The lowest BCUT2D eigenvalue weighted by Crippen LogP contribution is -2.10. The van der Waals surface area contributed by atoms with Gasteiger partial charge in [-0.3, -0.25) is 14.9 Å². The van der Waals surface area contributed by atoms with Gasteiger partial charge in [-0.25, -0.2) is 0 Å². The highest BCUT2D eigenvalue weighted by Crippen LogP contribution is 2.35. The summed E-state index contributed by atoms with van der Waals surface area (Å²) in [5, 5.41) is 10.9. The van der Waals surface area contributed by atoms with Crippen molar-refractivity contribution in [3.8, 4) is 5.75 Å². The number of nitrogens with zero attached hydrogens (tertiary/aromatic N) is 1. The molecule has 0 saturated heterocycles. The van der Waals surface area contributed by atoms with Crippen molar-refractivity contribution in [2.24, 2.45) is 0 Å². The number of hydrogen-bond donors (Lipinski definition) is 0. The number of carbonyl (C=O) groups excluding carboxylic acids is 1. The number of rotatable bonds is 5. The Morgan fingerprint density at radius 2 is 2.17 bits per heavy atom. The largest absolute Gasteiger partial charge is 0.496 e. The monoisotopic (exact) mass is 273 g/mol. The number of nitro benzene ring substituents is 1. The lowest BCUT2D eigenvalue weighted by atomic mass is 10.1. The van der Waals surface area contributed by atoms with E-state index in [2.05, 4.69) is 0 Å². The number of nitro groups is 1. The molecule has 0 saturated carbocycles. The second kappa shape index (κ2) is 6.20. The van der Waals surface area contributed by atoms with Crippen LogP contribution in [0.5, 0.6) is 5.75 Å². The van der Waals surface area contributed by atoms with Crippen LogP contribution in [0.25, 0.3) is 0 Å². The molecular weight excluding hydrogens is 262 g/mol. The molecule has 0 aromatic heterocycles. The van der Waals surface area contributed by atoms with Crippen LogP contribution in [0.4, 0.5) is 5.69 Å². The van der Waals surface area contributed by atoms with E-state index in [-0.39, 0.29) is 35.1 Å². The molecule has 0 heterocycles. The quantitative estimate of drug-likeness (QED) is 0.467. The zero-order valence-corrected chi connectivity index (χ0v) is 10.7. The van der Waals surface area contributed by atoms with Crippen molar-refractivity contribution >= 4 is 23.3 Å². The summed E-state index contributed by atoms with van der Waals surface area (Å²) in [5.41, 5.74) is -0.211. The van der Waals surface area contributed by atoms with E-state index >= 15 is 0 Å². The highest BCUT2D eigenvalue weighted by atomic mass is 35.5. The zero-order valence-electron chi connectivity index (χ0n) is 9.94. The fourth-order valence-electron chi connectivity index (χ4n) is 1.51. The molecule has 18 heavy (non-hydrogen) atoms. The molecule has 0 N–H and O–H groups in total. The number of methoxy groups -OCH3 is 1. The molecule has 0 fully saturated rings. The first-order valence-corrected chi connectivity index (χ1v) is 5.54. The van der Waals surface area contributed by atoms with Crippen LogP contribution in [-0.4, -0.2) is 24.6 Å². The first-order valence-electron chi connectivity index (χ1n) is 5.16. The van der Waals surface area contributed by atoms with Gasteiger partial charge < -0.3 is 9.47 Å². The molecule has 0 bridgehead atoms. The normalized spacial score (nSPS) is 9.94. The van der Waals surface area contributed by atoms with Gasteiger partial charge in [-0.2, -0.15) is 0 Å². The molecule has 1 aromatic rings. The molecule has 0 aliphatic carbocycles. The summed E-state index contributed by atoms with van der Waals surface area (Å²) in [6.07, 6.45) is -0.256. The number of hydrogen-bond acceptors (Lipinski definition) is 5. The van der Waals surface area contributed by atoms with Gasteiger partial charge in [0.25, 0.3) is 5.69 Å². The van der Waals surface area contributed by atoms with E-state index in [0.717, 1.165) is 0 Å². The minimum atomic E-state index is -0.639. The van der Waals surface area contributed by atoms with Gasteiger partial charge in [0.1, 0.15) is 10.8 Å². The second-order valence-electron chi connectivity index (χ2n) is 3.32. The zero-order chi connectivity index (χ0) is 13.7. The first kappa shape index (κ1) is 14.2. The maximum atomic E-state index is 11.4. The molecule has 6 nitrogen and oxygen atoms in total. The minimum Gasteiger partial charge on any atom is -0.496 e. The van der Waals surface area contributed by atoms with Crippen molar-refractivity contribution < 1.29 is 19.2 Å². The molecule has 1 aromatic carbocycles. The summed E-state index contributed by atoms with van der Waals surface area (Å²) in [6.45, 7) is 1.86. The van der Waals surface area contributed by atoms with Gasteiger partial charge in [0.2, 0.25) is 0 Å². The van der Waals surface area contributed by atoms with E-state index in [1.165, 1.54) is 19.2 Å². The number of carbonyl (C=O) groups is 1. The smallest absolute Gasteiger partial charge is 0.310 e. The molecule has 0 atom stereocenters. The summed E-state index contributed by atoms with van der Waals surface area (Å²) >= 11 is 5.76. The Bertz CT molecular complexity index is 475. The van der Waals surface area contributed by atoms with Gasteiger partial charge in [-0.15, -0.1) is 0 Å². The predicted octanol–water partition coefficient (Wildman–Crippen LogP) is 2.36. The van der Waals surface area contributed by atoms with Crippen LogP contribution in [0.15, 0.2) is 12.1 Å². The average molecular weight is 274 g/mol. The third-order valence-electron chi connectivity index (χ3n) is 2.22. The third kappa shape index (κ3) is 3.10. The first-order chi connectivity index (χ1) is 8.51. The van der Waals surface area contributed by atoms with Crippen molar-refractivity contribution in [1.29, 1.82) is 0 Å². The Kier molecular flexibility index (Phi) is 4.91.